The van der Waals surface area contributed by atoms with Gasteiger partial charge in [0, 0.05) is 13.1 Å². The minimum Gasteiger partial charge on any atom is -0.387 e. The molecule has 1 fully saturated rings. The third kappa shape index (κ3) is 3.04. The van der Waals surface area contributed by atoms with Crippen LogP contribution >= 0.6 is 0 Å². The van der Waals surface area contributed by atoms with E-state index in [2.05, 4.69) is 33.1 Å². The van der Waals surface area contributed by atoms with E-state index in [1.54, 1.807) is 6.34 Å². The molecule has 1 aromatic rings. The van der Waals surface area contributed by atoms with Crippen LogP contribution in [-0.4, -0.2) is 65.4 Å². The summed E-state index contributed by atoms with van der Waals surface area (Å²) >= 11 is 0. The minimum atomic E-state index is -1.03. The van der Waals surface area contributed by atoms with E-state index in [0.29, 0.717) is 13.2 Å². The average molecular weight is 360 g/mol. The van der Waals surface area contributed by atoms with Crippen molar-refractivity contribution < 1.29 is 14.9 Å². The number of nitrogens with two attached hydrogens (primary N) is 1. The van der Waals surface area contributed by atoms with Gasteiger partial charge in [-0.1, -0.05) is 30.3 Å². The molecule has 9 heteroatoms. The number of hydrogen-bond donors (Lipinski definition) is 6. The van der Waals surface area contributed by atoms with Crippen molar-refractivity contribution in [1.29, 1.82) is 0 Å². The molecule has 0 aromatic heterocycles. The Kier molecular flexibility index (Phi) is 4.79. The van der Waals surface area contributed by atoms with Crippen LogP contribution in [0, 0.1) is 0 Å². The second kappa shape index (κ2) is 7.22. The van der Waals surface area contributed by atoms with Gasteiger partial charge in [0.2, 0.25) is 0 Å². The van der Waals surface area contributed by atoms with E-state index < -0.39 is 24.5 Å². The van der Waals surface area contributed by atoms with Gasteiger partial charge in [-0.25, -0.2) is 0 Å². The summed E-state index contributed by atoms with van der Waals surface area (Å²) in [7, 11) is 0. The fourth-order valence-corrected chi connectivity index (χ4v) is 3.49. The Morgan fingerprint density at radius 2 is 2.08 bits per heavy atom. The van der Waals surface area contributed by atoms with Crippen molar-refractivity contribution >= 4 is 6.34 Å². The molecule has 5 atom stereocenters. The molecule has 3 aliphatic heterocycles. The smallest absolute Gasteiger partial charge is 0.162 e. The quantitative estimate of drug-likeness (QED) is 0.362. The van der Waals surface area contributed by atoms with Crippen molar-refractivity contribution in [1.82, 2.24) is 20.9 Å². The zero-order valence-electron chi connectivity index (χ0n) is 14.2. The van der Waals surface area contributed by atoms with Crippen LogP contribution in [0.3, 0.4) is 0 Å². The highest BCUT2D eigenvalue weighted by molar-refractivity contribution is 5.61. The summed E-state index contributed by atoms with van der Waals surface area (Å²) < 4.78 is 5.75. The molecule has 26 heavy (non-hydrogen) atoms. The fraction of sp³-hybridized carbons (Fsp3) is 0.471. The Morgan fingerprint density at radius 1 is 1.27 bits per heavy atom. The number of aliphatic hydroxyl groups excluding tert-OH is 2. The number of aliphatic imine (C=N–C) groups is 1. The number of nitrogens with zero attached hydrogens (tertiary/aromatic N) is 2. The van der Waals surface area contributed by atoms with Crippen molar-refractivity contribution in [3.63, 3.8) is 0 Å². The van der Waals surface area contributed by atoms with Crippen LogP contribution in [0.5, 0.6) is 0 Å². The Morgan fingerprint density at radius 3 is 2.81 bits per heavy atom. The van der Waals surface area contributed by atoms with Gasteiger partial charge in [-0.2, -0.15) is 0 Å². The largest absolute Gasteiger partial charge is 0.387 e. The van der Waals surface area contributed by atoms with Crippen LogP contribution in [0.25, 0.3) is 0 Å². The highest BCUT2D eigenvalue weighted by atomic mass is 16.6. The molecule has 3 aliphatic rings. The maximum Gasteiger partial charge on any atom is 0.162 e. The van der Waals surface area contributed by atoms with Gasteiger partial charge < -0.3 is 36.2 Å². The first-order chi connectivity index (χ1) is 12.7. The molecule has 0 spiro atoms. The lowest BCUT2D eigenvalue weighted by molar-refractivity contribution is -0.0718. The van der Waals surface area contributed by atoms with Gasteiger partial charge in [-0.15, -0.1) is 0 Å². The molecule has 140 valence electrons. The van der Waals surface area contributed by atoms with Gasteiger partial charge in [-0.05, 0) is 5.56 Å². The van der Waals surface area contributed by atoms with Gasteiger partial charge in [0.1, 0.15) is 30.3 Å². The predicted octanol–water partition coefficient (Wildman–Crippen LogP) is -1.83. The highest BCUT2D eigenvalue weighted by Gasteiger charge is 2.47. The average Bonchev–Trinajstić information content (AvgIpc) is 3.23. The number of hydrogen-bond acceptors (Lipinski definition) is 9. The van der Waals surface area contributed by atoms with Crippen molar-refractivity contribution in [2.45, 2.75) is 37.3 Å². The summed E-state index contributed by atoms with van der Waals surface area (Å²) in [5, 5.41) is 30.2. The molecular formula is C17H24N6O3. The monoisotopic (exact) mass is 360 g/mol. The van der Waals surface area contributed by atoms with Gasteiger partial charge in [0.15, 0.2) is 6.23 Å². The third-order valence-electron chi connectivity index (χ3n) is 4.90. The molecule has 4 rings (SSSR count). The van der Waals surface area contributed by atoms with E-state index in [1.165, 1.54) is 5.56 Å². The van der Waals surface area contributed by atoms with Crippen LogP contribution in [0.1, 0.15) is 5.56 Å². The molecule has 0 radical (unpaired) electrons. The molecular weight excluding hydrogens is 336 g/mol. The van der Waals surface area contributed by atoms with Gasteiger partial charge >= 0.3 is 0 Å². The molecule has 0 saturated carbocycles. The lowest BCUT2D eigenvalue weighted by Crippen LogP contribution is -2.46. The van der Waals surface area contributed by atoms with Gasteiger partial charge in [0.05, 0.1) is 18.7 Å². The second-order valence-electron chi connectivity index (χ2n) is 6.54. The zero-order valence-corrected chi connectivity index (χ0v) is 14.2. The second-order valence-corrected chi connectivity index (χ2v) is 6.54. The number of benzene rings is 1. The Bertz CT molecular complexity index is 697. The summed E-state index contributed by atoms with van der Waals surface area (Å²) in [6, 6.07) is 10.1. The molecule has 9 nitrogen and oxygen atoms in total. The van der Waals surface area contributed by atoms with Crippen molar-refractivity contribution in [3.8, 4) is 0 Å². The molecule has 1 aromatic carbocycles. The van der Waals surface area contributed by atoms with E-state index in [0.717, 1.165) is 11.5 Å². The number of nitrogens with one attached hydrogen (secondary N) is 3. The summed E-state index contributed by atoms with van der Waals surface area (Å²) in [6.07, 6.45) is -1.89. The summed E-state index contributed by atoms with van der Waals surface area (Å²) in [5.74, 6) is 0.777. The van der Waals surface area contributed by atoms with Crippen molar-refractivity contribution in [2.75, 3.05) is 13.2 Å². The van der Waals surface area contributed by atoms with E-state index in [1.807, 2.05) is 23.1 Å². The summed E-state index contributed by atoms with van der Waals surface area (Å²) in [6.45, 7) is 1.27. The highest BCUT2D eigenvalue weighted by Crippen LogP contribution is 2.29. The molecule has 1 saturated heterocycles. The Balaban J connectivity index is 1.47. The molecule has 0 aliphatic carbocycles. The van der Waals surface area contributed by atoms with Crippen LogP contribution in [0.4, 0.5) is 0 Å². The van der Waals surface area contributed by atoms with E-state index in [9.17, 15) is 10.2 Å². The van der Waals surface area contributed by atoms with Crippen molar-refractivity contribution in [2.24, 2.45) is 10.7 Å². The summed E-state index contributed by atoms with van der Waals surface area (Å²) in [5.41, 5.74) is 7.65. The van der Waals surface area contributed by atoms with E-state index in [4.69, 9.17) is 10.5 Å². The van der Waals surface area contributed by atoms with Crippen LogP contribution in [-0.2, 0) is 11.3 Å². The number of aliphatic hydroxyl groups is 2. The minimum absolute atomic E-state index is 0.151. The standard InChI is InChI=1S/C17H24N6O3/c18-6-11-13(24)14(25)17(26-11)23-9-22-12-15(20-8-21-16(12)23)19-7-10-4-2-1-3-5-10/h1-5,8,11,13-15,17,19,22,24-25H,6-7,9,18H2,(H,20,21)/t11-,13-,14-,15-,17-/m1/s1. The van der Waals surface area contributed by atoms with Crippen molar-refractivity contribution in [3.05, 3.63) is 47.4 Å². The maximum atomic E-state index is 10.3. The SMILES string of the molecule is NC[C@H]1O[C@@H](N2CNC3=C2NC=N[C@H]3NCc2ccccc2)[C@H](O)[C@@H]1O. The lowest BCUT2D eigenvalue weighted by atomic mass is 10.1. The van der Waals surface area contributed by atoms with Crippen LogP contribution in [0.15, 0.2) is 46.8 Å². The first-order valence-electron chi connectivity index (χ1n) is 8.71. The van der Waals surface area contributed by atoms with Crippen LogP contribution < -0.4 is 21.7 Å². The fourth-order valence-electron chi connectivity index (χ4n) is 3.49. The topological polar surface area (TPSA) is 127 Å². The van der Waals surface area contributed by atoms with Crippen LogP contribution in [0.2, 0.25) is 0 Å². The molecule has 7 N–H and O–H groups in total. The number of rotatable bonds is 5. The number of ether oxygens (including phenoxy) is 1. The predicted molar refractivity (Wildman–Crippen MR) is 95.3 cm³/mol. The zero-order chi connectivity index (χ0) is 18.1. The molecule has 0 unspecified atom stereocenters. The van der Waals surface area contributed by atoms with E-state index in [-0.39, 0.29) is 12.7 Å². The summed E-state index contributed by atoms with van der Waals surface area (Å²) in [4.78, 5) is 6.29. The molecule has 0 amide bonds. The normalized spacial score (nSPS) is 33.2. The third-order valence-corrected chi connectivity index (χ3v) is 4.90. The van der Waals surface area contributed by atoms with Gasteiger partial charge in [0.25, 0.3) is 0 Å². The molecule has 3 heterocycles. The first-order valence-corrected chi connectivity index (χ1v) is 8.71. The maximum absolute atomic E-state index is 10.3. The molecule has 0 bridgehead atoms. The lowest BCUT2D eigenvalue weighted by Gasteiger charge is -2.30. The van der Waals surface area contributed by atoms with Gasteiger partial charge in [-0.3, -0.25) is 10.3 Å². The first kappa shape index (κ1) is 17.3. The Labute approximate surface area is 151 Å². The Hall–Kier alpha value is -2.17. The van der Waals surface area contributed by atoms with E-state index >= 15 is 0 Å².